The zero-order valence-electron chi connectivity index (χ0n) is 15.6. The molecule has 3 heteroatoms. The van der Waals surface area contributed by atoms with Crippen LogP contribution in [0.4, 0.5) is 0 Å². The van der Waals surface area contributed by atoms with E-state index in [1.807, 2.05) is 79.7 Å². The van der Waals surface area contributed by atoms with Crippen molar-refractivity contribution in [2.75, 3.05) is 0 Å². The van der Waals surface area contributed by atoms with E-state index in [1.165, 1.54) is 6.07 Å². The maximum atomic E-state index is 12.1. The molecule has 0 amide bonds. The van der Waals surface area contributed by atoms with Crippen LogP contribution in [-0.2, 0) is 6.61 Å². The van der Waals surface area contributed by atoms with Crippen molar-refractivity contribution in [2.45, 2.75) is 13.5 Å². The number of rotatable bonds is 5. The first-order valence-corrected chi connectivity index (χ1v) is 9.12. The SMILES string of the molecule is C=Cc1ccc(COc2cc(C)cc3oc(=O)cc(-c4ccccc4)c23)cc1. The van der Waals surface area contributed by atoms with Gasteiger partial charge in [-0.3, -0.25) is 0 Å². The highest BCUT2D eigenvalue weighted by atomic mass is 16.5. The molecule has 0 atom stereocenters. The molecule has 0 unspecified atom stereocenters. The molecule has 0 spiro atoms. The van der Waals surface area contributed by atoms with Gasteiger partial charge in [0.1, 0.15) is 17.9 Å². The first-order valence-electron chi connectivity index (χ1n) is 9.12. The van der Waals surface area contributed by atoms with Crippen molar-refractivity contribution in [3.63, 3.8) is 0 Å². The maximum absolute atomic E-state index is 12.1. The molecule has 3 aromatic carbocycles. The van der Waals surface area contributed by atoms with Gasteiger partial charge in [0.15, 0.2) is 0 Å². The molecule has 138 valence electrons. The Kier molecular flexibility index (Phi) is 4.81. The predicted octanol–water partition coefficient (Wildman–Crippen LogP) is 5.99. The summed E-state index contributed by atoms with van der Waals surface area (Å²) in [4.78, 5) is 12.1. The average Bonchev–Trinajstić information content (AvgIpc) is 2.72. The van der Waals surface area contributed by atoms with Gasteiger partial charge in [-0.05, 0) is 41.3 Å². The molecule has 4 aromatic rings. The molecule has 0 aliphatic heterocycles. The quantitative estimate of drug-likeness (QED) is 0.406. The monoisotopic (exact) mass is 368 g/mol. The van der Waals surface area contributed by atoms with Gasteiger partial charge >= 0.3 is 5.63 Å². The Morgan fingerprint density at radius 1 is 1.00 bits per heavy atom. The molecule has 0 N–H and O–H groups in total. The van der Waals surface area contributed by atoms with Crippen molar-refractivity contribution in [2.24, 2.45) is 0 Å². The fraction of sp³-hybridized carbons (Fsp3) is 0.0800. The van der Waals surface area contributed by atoms with Crippen LogP contribution in [0.2, 0.25) is 0 Å². The van der Waals surface area contributed by atoms with E-state index in [9.17, 15) is 4.79 Å². The van der Waals surface area contributed by atoms with Crippen molar-refractivity contribution >= 4 is 17.0 Å². The Labute approximate surface area is 163 Å². The summed E-state index contributed by atoms with van der Waals surface area (Å²) in [5, 5.41) is 0.805. The summed E-state index contributed by atoms with van der Waals surface area (Å²) in [5.41, 5.74) is 5.01. The molecule has 0 radical (unpaired) electrons. The lowest BCUT2D eigenvalue weighted by molar-refractivity contribution is 0.309. The van der Waals surface area contributed by atoms with Crippen LogP contribution in [0.3, 0.4) is 0 Å². The minimum atomic E-state index is -0.372. The fourth-order valence-corrected chi connectivity index (χ4v) is 3.27. The molecule has 0 aliphatic carbocycles. The number of ether oxygens (including phenoxy) is 1. The van der Waals surface area contributed by atoms with E-state index >= 15 is 0 Å². The number of benzene rings is 3. The van der Waals surface area contributed by atoms with Crippen molar-refractivity contribution in [1.29, 1.82) is 0 Å². The maximum Gasteiger partial charge on any atom is 0.336 e. The van der Waals surface area contributed by atoms with Gasteiger partial charge in [0.2, 0.25) is 0 Å². The normalized spacial score (nSPS) is 10.8. The van der Waals surface area contributed by atoms with Crippen molar-refractivity contribution in [3.8, 4) is 16.9 Å². The van der Waals surface area contributed by atoms with Gasteiger partial charge in [-0.2, -0.15) is 0 Å². The smallest absolute Gasteiger partial charge is 0.336 e. The highest BCUT2D eigenvalue weighted by Crippen LogP contribution is 2.35. The Morgan fingerprint density at radius 3 is 2.46 bits per heavy atom. The zero-order chi connectivity index (χ0) is 19.5. The molecule has 28 heavy (non-hydrogen) atoms. The second kappa shape index (κ2) is 7.57. The van der Waals surface area contributed by atoms with Gasteiger partial charge < -0.3 is 9.15 Å². The van der Waals surface area contributed by atoms with Gasteiger partial charge in [-0.1, -0.05) is 67.3 Å². The van der Waals surface area contributed by atoms with Crippen LogP contribution in [0.15, 0.2) is 88.6 Å². The Morgan fingerprint density at radius 2 is 1.75 bits per heavy atom. The summed E-state index contributed by atoms with van der Waals surface area (Å²) in [6, 6.07) is 23.2. The summed E-state index contributed by atoms with van der Waals surface area (Å²) < 4.78 is 11.7. The van der Waals surface area contributed by atoms with Gasteiger partial charge in [0.25, 0.3) is 0 Å². The summed E-state index contributed by atoms with van der Waals surface area (Å²) in [7, 11) is 0. The van der Waals surface area contributed by atoms with Crippen LogP contribution in [-0.4, -0.2) is 0 Å². The molecule has 0 saturated heterocycles. The number of aryl methyl sites for hydroxylation is 1. The van der Waals surface area contributed by atoms with Crippen LogP contribution in [0.25, 0.3) is 28.2 Å². The third kappa shape index (κ3) is 3.60. The second-order valence-corrected chi connectivity index (χ2v) is 6.72. The summed E-state index contributed by atoms with van der Waals surface area (Å²) in [5.74, 6) is 0.699. The molecular weight excluding hydrogens is 348 g/mol. The first-order chi connectivity index (χ1) is 13.6. The number of hydrogen-bond acceptors (Lipinski definition) is 3. The van der Waals surface area contributed by atoms with Crippen molar-refractivity contribution < 1.29 is 9.15 Å². The van der Waals surface area contributed by atoms with E-state index in [0.29, 0.717) is 17.9 Å². The van der Waals surface area contributed by atoms with E-state index in [1.54, 1.807) is 0 Å². The van der Waals surface area contributed by atoms with Gasteiger partial charge in [0, 0.05) is 11.6 Å². The summed E-state index contributed by atoms with van der Waals surface area (Å²) in [6.45, 7) is 6.16. The first kappa shape index (κ1) is 17.8. The van der Waals surface area contributed by atoms with Crippen molar-refractivity contribution in [3.05, 3.63) is 106 Å². The van der Waals surface area contributed by atoms with Crippen molar-refractivity contribution in [1.82, 2.24) is 0 Å². The van der Waals surface area contributed by atoms with E-state index in [4.69, 9.17) is 9.15 Å². The molecule has 0 fully saturated rings. The molecule has 1 aromatic heterocycles. The van der Waals surface area contributed by atoms with Crippen LogP contribution in [0, 0.1) is 6.92 Å². The van der Waals surface area contributed by atoms with Gasteiger partial charge in [-0.15, -0.1) is 0 Å². The Balaban J connectivity index is 1.80. The average molecular weight is 368 g/mol. The third-order valence-electron chi connectivity index (χ3n) is 4.65. The summed E-state index contributed by atoms with van der Waals surface area (Å²) >= 11 is 0. The topological polar surface area (TPSA) is 39.4 Å². The molecule has 0 aliphatic rings. The van der Waals surface area contributed by atoms with E-state index in [-0.39, 0.29) is 5.63 Å². The molecule has 3 nitrogen and oxygen atoms in total. The summed E-state index contributed by atoms with van der Waals surface area (Å²) in [6.07, 6.45) is 1.81. The zero-order valence-corrected chi connectivity index (χ0v) is 15.6. The predicted molar refractivity (Wildman–Crippen MR) is 114 cm³/mol. The third-order valence-corrected chi connectivity index (χ3v) is 4.65. The van der Waals surface area contributed by atoms with E-state index < -0.39 is 0 Å². The Hall–Kier alpha value is -3.59. The number of fused-ring (bicyclic) bond motifs is 1. The lowest BCUT2D eigenvalue weighted by Crippen LogP contribution is -2.02. The van der Waals surface area contributed by atoms with Crippen LogP contribution in [0.5, 0.6) is 5.75 Å². The minimum absolute atomic E-state index is 0.372. The molecule has 0 saturated carbocycles. The highest BCUT2D eigenvalue weighted by molar-refractivity contribution is 5.98. The van der Waals surface area contributed by atoms with Crippen LogP contribution < -0.4 is 10.4 Å². The molecular formula is C25H20O3. The van der Waals surface area contributed by atoms with Crippen LogP contribution >= 0.6 is 0 Å². The van der Waals surface area contributed by atoms with Crippen LogP contribution in [0.1, 0.15) is 16.7 Å². The van der Waals surface area contributed by atoms with E-state index in [2.05, 4.69) is 6.58 Å². The molecule has 1 heterocycles. The largest absolute Gasteiger partial charge is 0.488 e. The van der Waals surface area contributed by atoms with Gasteiger partial charge in [-0.25, -0.2) is 4.79 Å². The highest BCUT2D eigenvalue weighted by Gasteiger charge is 2.14. The minimum Gasteiger partial charge on any atom is -0.488 e. The van der Waals surface area contributed by atoms with E-state index in [0.717, 1.165) is 33.2 Å². The Bertz CT molecular complexity index is 1190. The molecule has 0 bridgehead atoms. The number of hydrogen-bond donors (Lipinski definition) is 0. The second-order valence-electron chi connectivity index (χ2n) is 6.72. The lowest BCUT2D eigenvalue weighted by atomic mass is 10.0. The fourth-order valence-electron chi connectivity index (χ4n) is 3.27. The molecule has 4 rings (SSSR count). The lowest BCUT2D eigenvalue weighted by Gasteiger charge is -2.13. The standard InChI is InChI=1S/C25H20O3/c1-3-18-9-11-19(12-10-18)16-27-22-13-17(2)14-23-25(22)21(15-24(26)28-23)20-7-5-4-6-8-20/h3-15H,1,16H2,2H3. The van der Waals surface area contributed by atoms with Gasteiger partial charge in [0.05, 0.1) is 5.39 Å².